The van der Waals surface area contributed by atoms with Crippen molar-refractivity contribution in [1.82, 2.24) is 19.9 Å². The summed E-state index contributed by atoms with van der Waals surface area (Å²) in [5.41, 5.74) is -0.687. The van der Waals surface area contributed by atoms with Crippen LogP contribution in [0.25, 0.3) is 10.9 Å². The molecule has 2 aromatic heterocycles. The minimum Gasteiger partial charge on any atom is -0.471 e. The van der Waals surface area contributed by atoms with Gasteiger partial charge in [-0.05, 0) is 40.0 Å². The first-order valence-corrected chi connectivity index (χ1v) is 13.3. The monoisotopic (exact) mass is 511 g/mol. The van der Waals surface area contributed by atoms with E-state index in [0.29, 0.717) is 24.2 Å². The van der Waals surface area contributed by atoms with E-state index in [1.807, 2.05) is 32.6 Å². The van der Waals surface area contributed by atoms with Crippen LogP contribution in [-0.4, -0.2) is 72.8 Å². The van der Waals surface area contributed by atoms with Crippen LogP contribution in [0.3, 0.4) is 0 Å². The Balaban J connectivity index is 1.68. The summed E-state index contributed by atoms with van der Waals surface area (Å²) >= 11 is 6.08. The topological polar surface area (TPSA) is 97.7 Å². The van der Waals surface area contributed by atoms with Gasteiger partial charge in [0.15, 0.2) is 11.0 Å². The van der Waals surface area contributed by atoms with Gasteiger partial charge in [-0.1, -0.05) is 18.5 Å². The van der Waals surface area contributed by atoms with E-state index in [1.165, 1.54) is 6.26 Å². The van der Waals surface area contributed by atoms with Gasteiger partial charge in [-0.2, -0.15) is 4.98 Å². The van der Waals surface area contributed by atoms with E-state index in [2.05, 4.69) is 19.9 Å². The predicted octanol–water partition coefficient (Wildman–Crippen LogP) is 3.68. The first-order valence-electron chi connectivity index (χ1n) is 11.3. The third-order valence-electron chi connectivity index (χ3n) is 6.56. The van der Waals surface area contributed by atoms with Crippen molar-refractivity contribution >= 4 is 45.2 Å². The number of nitrogens with zero attached hydrogens (tertiary/aromatic N) is 5. The van der Waals surface area contributed by atoms with Gasteiger partial charge in [0.1, 0.15) is 28.4 Å². The smallest absolute Gasteiger partial charge is 0.410 e. The number of halogens is 2. The Morgan fingerprint density at radius 3 is 2.68 bits per heavy atom. The maximum absolute atomic E-state index is 15.1. The fourth-order valence-electron chi connectivity index (χ4n) is 5.29. The lowest BCUT2D eigenvalue weighted by Gasteiger charge is -2.48. The summed E-state index contributed by atoms with van der Waals surface area (Å²) in [5.74, 6) is -0.248. The molecule has 2 saturated heterocycles. The Labute approximate surface area is 204 Å². The van der Waals surface area contributed by atoms with Gasteiger partial charge in [0.05, 0.1) is 28.9 Å². The summed E-state index contributed by atoms with van der Waals surface area (Å²) in [6.07, 6.45) is 2.89. The Kier molecular flexibility index (Phi) is 5.63. The third kappa shape index (κ3) is 3.67. The van der Waals surface area contributed by atoms with Gasteiger partial charge in [0, 0.05) is 12.8 Å². The lowest BCUT2D eigenvalue weighted by atomic mass is 9.95. The summed E-state index contributed by atoms with van der Waals surface area (Å²) in [4.78, 5) is 30.0. The number of pyridine rings is 1. The van der Waals surface area contributed by atoms with Gasteiger partial charge < -0.3 is 14.4 Å². The molecule has 2 unspecified atom stereocenters. The normalized spacial score (nSPS) is 26.7. The molecule has 0 aliphatic carbocycles. The average molecular weight is 512 g/mol. The molecule has 3 aliphatic heterocycles. The van der Waals surface area contributed by atoms with Crippen molar-refractivity contribution in [2.75, 3.05) is 17.7 Å². The van der Waals surface area contributed by atoms with E-state index >= 15 is 4.39 Å². The maximum atomic E-state index is 15.1. The van der Waals surface area contributed by atoms with Crippen LogP contribution in [0, 0.1) is 5.82 Å². The number of rotatable bonds is 2. The Morgan fingerprint density at radius 2 is 2.03 bits per heavy atom. The van der Waals surface area contributed by atoms with E-state index in [4.69, 9.17) is 21.1 Å². The zero-order chi connectivity index (χ0) is 24.5. The molecule has 12 heteroatoms. The molecule has 0 saturated carbocycles. The molecule has 0 spiro atoms. The lowest BCUT2D eigenvalue weighted by molar-refractivity contribution is -0.000577. The summed E-state index contributed by atoms with van der Waals surface area (Å²) in [6.45, 7) is 7.97. The highest BCUT2D eigenvalue weighted by molar-refractivity contribution is 7.84. The number of carbonyl (C=O) groups is 1. The zero-order valence-corrected chi connectivity index (χ0v) is 21.2. The van der Waals surface area contributed by atoms with Crippen molar-refractivity contribution < 1.29 is 22.9 Å². The van der Waals surface area contributed by atoms with Crippen LogP contribution in [0.2, 0.25) is 5.15 Å². The molecule has 2 fully saturated rings. The summed E-state index contributed by atoms with van der Waals surface area (Å²) in [7, 11) is -1.55. The number of ether oxygens (including phenoxy) is 2. The van der Waals surface area contributed by atoms with Crippen molar-refractivity contribution in [1.29, 1.82) is 0 Å². The van der Waals surface area contributed by atoms with Crippen LogP contribution in [0.4, 0.5) is 15.0 Å². The minimum atomic E-state index is -1.55. The molecule has 0 N–H and O–H groups in total. The van der Waals surface area contributed by atoms with Crippen LogP contribution in [0.15, 0.2) is 5.16 Å². The van der Waals surface area contributed by atoms with Crippen LogP contribution >= 0.6 is 11.6 Å². The molecule has 5 rings (SSSR count). The molecule has 34 heavy (non-hydrogen) atoms. The molecule has 3 aliphatic rings. The molecule has 2 bridgehead atoms. The first-order chi connectivity index (χ1) is 16.0. The molecular formula is C22H27ClFN5O4S. The number of carbonyl (C=O) groups excluding carboxylic acids is 1. The number of hydrogen-bond acceptors (Lipinski definition) is 8. The number of fused-ring (bicyclic) bond motifs is 5. The summed E-state index contributed by atoms with van der Waals surface area (Å²) in [6, 6.07) is -0.599. The average Bonchev–Trinajstić information content (AvgIpc) is 3.00. The summed E-state index contributed by atoms with van der Waals surface area (Å²) < 4.78 is 39.4. The molecule has 0 aromatic carbocycles. The second kappa shape index (κ2) is 8.15. The third-order valence-corrected chi connectivity index (χ3v) is 7.51. The van der Waals surface area contributed by atoms with Gasteiger partial charge in [0.2, 0.25) is 11.0 Å². The zero-order valence-electron chi connectivity index (χ0n) is 19.7. The quantitative estimate of drug-likeness (QED) is 0.445. The second-order valence-corrected chi connectivity index (χ2v) is 11.6. The highest BCUT2D eigenvalue weighted by Gasteiger charge is 2.54. The largest absolute Gasteiger partial charge is 0.471 e. The number of anilines is 1. The summed E-state index contributed by atoms with van der Waals surface area (Å²) in [5, 5.41) is -0.0565. The molecule has 5 atom stereocenters. The molecule has 0 radical (unpaired) electrons. The standard InChI is InChI=1S/C22H27ClFN5O4S/c1-6-12-16-11-8-7-10(29(11)21(30)33-22(2,3)4)9-28(16)18-13-15(25-20(27-18)34(5)31)14(24)17(23)26-19(13)32-12/h10-12,16H,6-9H2,1-5H3/t10-,11+,12?,16+,34?/m1/s1. The Bertz CT molecular complexity index is 1210. The van der Waals surface area contributed by atoms with Crippen LogP contribution in [0.1, 0.15) is 47.0 Å². The fraction of sp³-hybridized carbons (Fsp3) is 0.636. The minimum absolute atomic E-state index is 0.00485. The molecule has 1 amide bonds. The fourth-order valence-corrected chi connectivity index (χ4v) is 5.90. The van der Waals surface area contributed by atoms with Crippen LogP contribution < -0.4 is 9.64 Å². The van der Waals surface area contributed by atoms with Gasteiger partial charge in [0.25, 0.3) is 0 Å². The molecule has 5 heterocycles. The van der Waals surface area contributed by atoms with Crippen molar-refractivity contribution in [2.24, 2.45) is 0 Å². The van der Waals surface area contributed by atoms with E-state index in [-0.39, 0.29) is 52.0 Å². The number of aromatic nitrogens is 3. The van der Waals surface area contributed by atoms with Gasteiger partial charge in [-0.25, -0.2) is 19.2 Å². The first kappa shape index (κ1) is 23.5. The van der Waals surface area contributed by atoms with Gasteiger partial charge in [-0.15, -0.1) is 0 Å². The number of hydrogen-bond donors (Lipinski definition) is 0. The van der Waals surface area contributed by atoms with E-state index < -0.39 is 22.2 Å². The second-order valence-electron chi connectivity index (χ2n) is 9.92. The van der Waals surface area contributed by atoms with Crippen molar-refractivity contribution in [3.8, 4) is 5.88 Å². The maximum Gasteiger partial charge on any atom is 0.410 e. The number of amides is 1. The highest BCUT2D eigenvalue weighted by Crippen LogP contribution is 2.46. The lowest BCUT2D eigenvalue weighted by Crippen LogP contribution is -2.65. The van der Waals surface area contributed by atoms with E-state index in [0.717, 1.165) is 12.8 Å². The molecule has 2 aromatic rings. The predicted molar refractivity (Wildman–Crippen MR) is 125 cm³/mol. The van der Waals surface area contributed by atoms with Gasteiger partial charge >= 0.3 is 6.09 Å². The van der Waals surface area contributed by atoms with Crippen molar-refractivity contribution in [3.05, 3.63) is 11.0 Å². The Hall–Kier alpha value is -2.27. The van der Waals surface area contributed by atoms with E-state index in [9.17, 15) is 9.00 Å². The molecule has 184 valence electrons. The highest BCUT2D eigenvalue weighted by atomic mass is 35.5. The van der Waals surface area contributed by atoms with E-state index in [1.54, 1.807) is 0 Å². The SMILES string of the molecule is CCC1Oc2nc(Cl)c(F)c3nc(S(C)=O)nc(c23)N2C[C@H]3CC[C@@H]([C@@H]12)N3C(=O)OC(C)(C)C. The van der Waals surface area contributed by atoms with Gasteiger partial charge in [-0.3, -0.25) is 9.11 Å². The van der Waals surface area contributed by atoms with Crippen LogP contribution in [0.5, 0.6) is 5.88 Å². The molecule has 9 nitrogen and oxygen atoms in total. The Morgan fingerprint density at radius 1 is 1.29 bits per heavy atom. The number of piperazine rings is 1. The van der Waals surface area contributed by atoms with Crippen molar-refractivity contribution in [2.45, 2.75) is 81.9 Å². The van der Waals surface area contributed by atoms with Crippen molar-refractivity contribution in [3.63, 3.8) is 0 Å². The molecular weight excluding hydrogens is 485 g/mol. The van der Waals surface area contributed by atoms with Crippen LogP contribution in [-0.2, 0) is 15.5 Å².